The lowest BCUT2D eigenvalue weighted by Crippen LogP contribution is -2.30. The van der Waals surface area contributed by atoms with E-state index in [2.05, 4.69) is 41.5 Å². The van der Waals surface area contributed by atoms with Gasteiger partial charge < -0.3 is 33.8 Å². The van der Waals surface area contributed by atoms with Crippen LogP contribution in [0, 0.1) is 11.8 Å². The van der Waals surface area contributed by atoms with Gasteiger partial charge in [0.25, 0.3) is 0 Å². The predicted molar refractivity (Wildman–Crippen MR) is 368 cm³/mol. The molecule has 91 heavy (non-hydrogen) atoms. The molecule has 6 atom stereocenters. The van der Waals surface area contributed by atoms with Crippen molar-refractivity contribution < 1.29 is 80.2 Å². The molecule has 0 bridgehead atoms. The molecule has 0 aromatic rings. The second-order valence-corrected chi connectivity index (χ2v) is 29.6. The molecule has 0 amide bonds. The first kappa shape index (κ1) is 89.1. The molecular formula is C72H140O17P2. The SMILES string of the molecule is CCCCCCCCCCCCCCCCC(=O)OC[C@H](COP(=O)(O)OC[C@@H](O)COP(=O)(O)OC[C@@H](COC(=O)CCCCCCCCC(C)CC)OC(=O)CCCCCCCCCCCCC(C)C)OC(=O)CCCCCCCCCCCCCCCC. The summed E-state index contributed by atoms with van der Waals surface area (Å²) >= 11 is 0. The number of phosphoric acid groups is 2. The summed E-state index contributed by atoms with van der Waals surface area (Å²) in [6, 6.07) is 0. The number of rotatable bonds is 71. The van der Waals surface area contributed by atoms with Crippen LogP contribution in [0.25, 0.3) is 0 Å². The normalized spacial score (nSPS) is 14.4. The quantitative estimate of drug-likeness (QED) is 0.0222. The summed E-state index contributed by atoms with van der Waals surface area (Å²) in [7, 11) is -9.90. The molecule has 0 saturated carbocycles. The highest BCUT2D eigenvalue weighted by Crippen LogP contribution is 2.45. The van der Waals surface area contributed by atoms with E-state index < -0.39 is 97.5 Å². The molecule has 0 spiro atoms. The van der Waals surface area contributed by atoms with Crippen LogP contribution in [0.5, 0.6) is 0 Å². The van der Waals surface area contributed by atoms with E-state index >= 15 is 0 Å². The zero-order valence-electron chi connectivity index (χ0n) is 59.1. The van der Waals surface area contributed by atoms with Crippen molar-refractivity contribution in [2.45, 2.75) is 387 Å². The molecule has 3 unspecified atom stereocenters. The first-order chi connectivity index (χ1) is 43.9. The van der Waals surface area contributed by atoms with E-state index in [1.54, 1.807) is 0 Å². The fourth-order valence-corrected chi connectivity index (χ4v) is 12.5. The molecule has 0 aliphatic carbocycles. The third kappa shape index (κ3) is 65.1. The van der Waals surface area contributed by atoms with E-state index in [-0.39, 0.29) is 25.7 Å². The van der Waals surface area contributed by atoms with Crippen LogP contribution in [0.4, 0.5) is 0 Å². The van der Waals surface area contributed by atoms with E-state index in [1.807, 2.05) is 0 Å². The molecule has 3 N–H and O–H groups in total. The van der Waals surface area contributed by atoms with Gasteiger partial charge in [0.1, 0.15) is 19.3 Å². The monoisotopic (exact) mass is 1340 g/mol. The van der Waals surface area contributed by atoms with Crippen molar-refractivity contribution in [2.75, 3.05) is 39.6 Å². The number of carbonyl (C=O) groups excluding carboxylic acids is 4. The fraction of sp³-hybridized carbons (Fsp3) is 0.944. The fourth-order valence-electron chi connectivity index (χ4n) is 10.9. The summed E-state index contributed by atoms with van der Waals surface area (Å²) in [6.45, 7) is 9.52. The van der Waals surface area contributed by atoms with Gasteiger partial charge in [-0.2, -0.15) is 0 Å². The Morgan fingerprint density at radius 3 is 0.835 bits per heavy atom. The van der Waals surface area contributed by atoms with Gasteiger partial charge in [-0.1, -0.05) is 318 Å². The van der Waals surface area contributed by atoms with E-state index in [1.165, 1.54) is 180 Å². The van der Waals surface area contributed by atoms with Crippen molar-refractivity contribution in [1.82, 2.24) is 0 Å². The second-order valence-electron chi connectivity index (χ2n) is 26.7. The summed E-state index contributed by atoms with van der Waals surface area (Å²) in [4.78, 5) is 72.6. The molecule has 19 heteroatoms. The number of hydrogen-bond acceptors (Lipinski definition) is 15. The Morgan fingerprint density at radius 1 is 0.319 bits per heavy atom. The highest BCUT2D eigenvalue weighted by atomic mass is 31.2. The van der Waals surface area contributed by atoms with Gasteiger partial charge in [-0.05, 0) is 37.5 Å². The Kier molecular flexibility index (Phi) is 62.7. The third-order valence-electron chi connectivity index (χ3n) is 17.1. The maximum atomic E-state index is 13.0. The standard InChI is InChI=1S/C72H140O17P2/c1-7-10-12-14-16-18-20-22-24-26-31-35-42-48-54-69(74)82-60-67(88-71(76)56-50-44-36-32-27-25-23-21-19-17-15-13-11-8-2)62-86-90(78,79)84-58-66(73)59-85-91(80,81)87-63-68(61-83-70(75)55-49-43-39-38-41-47-53-65(6)9-3)89-72(77)57-51-45-37-33-29-28-30-34-40-46-52-64(4)5/h64-68,73H,7-63H2,1-6H3,(H,78,79)(H,80,81)/t65?,66-,67-,68-/m1/s1. The minimum Gasteiger partial charge on any atom is -0.462 e. The van der Waals surface area contributed by atoms with Crippen LogP contribution in [0.15, 0.2) is 0 Å². The zero-order chi connectivity index (χ0) is 67.2. The maximum Gasteiger partial charge on any atom is 0.472 e. The molecule has 17 nitrogen and oxygen atoms in total. The summed E-state index contributed by atoms with van der Waals surface area (Å²) in [5.41, 5.74) is 0. The van der Waals surface area contributed by atoms with E-state index in [0.717, 1.165) is 108 Å². The lowest BCUT2D eigenvalue weighted by atomic mass is 10.00. The van der Waals surface area contributed by atoms with Gasteiger partial charge in [0.15, 0.2) is 12.2 Å². The Labute approximate surface area is 556 Å². The number of unbranched alkanes of at least 4 members (excludes halogenated alkanes) is 40. The number of hydrogen-bond donors (Lipinski definition) is 3. The van der Waals surface area contributed by atoms with Gasteiger partial charge >= 0.3 is 39.5 Å². The minimum atomic E-state index is -4.95. The van der Waals surface area contributed by atoms with E-state index in [4.69, 9.17) is 37.0 Å². The molecule has 0 aliphatic heterocycles. The molecule has 0 saturated heterocycles. The van der Waals surface area contributed by atoms with Crippen molar-refractivity contribution >= 4 is 39.5 Å². The topological polar surface area (TPSA) is 237 Å². The molecule has 0 rings (SSSR count). The van der Waals surface area contributed by atoms with Gasteiger partial charge in [-0.15, -0.1) is 0 Å². The van der Waals surface area contributed by atoms with Crippen LogP contribution in [0.2, 0.25) is 0 Å². The molecule has 0 aromatic carbocycles. The van der Waals surface area contributed by atoms with Crippen molar-refractivity contribution in [3.05, 3.63) is 0 Å². The van der Waals surface area contributed by atoms with Crippen LogP contribution >= 0.6 is 15.6 Å². The molecule has 0 fully saturated rings. The number of aliphatic hydroxyl groups is 1. The Bertz CT molecular complexity index is 1770. The third-order valence-corrected chi connectivity index (χ3v) is 19.0. The number of phosphoric ester groups is 2. The Hall–Kier alpha value is -1.94. The summed E-state index contributed by atoms with van der Waals surface area (Å²) in [6.07, 6.45) is 49.8. The number of carbonyl (C=O) groups is 4. The second kappa shape index (κ2) is 64.1. The van der Waals surface area contributed by atoms with Crippen LogP contribution in [-0.2, 0) is 65.4 Å². The average molecular weight is 1340 g/mol. The molecule has 0 aromatic heterocycles. The predicted octanol–water partition coefficient (Wildman–Crippen LogP) is 20.8. The number of ether oxygens (including phenoxy) is 4. The van der Waals surface area contributed by atoms with Crippen LogP contribution in [0.3, 0.4) is 0 Å². The van der Waals surface area contributed by atoms with E-state index in [9.17, 15) is 43.2 Å². The first-order valence-corrected chi connectivity index (χ1v) is 40.5. The smallest absolute Gasteiger partial charge is 0.462 e. The Morgan fingerprint density at radius 2 is 0.560 bits per heavy atom. The largest absolute Gasteiger partial charge is 0.472 e. The van der Waals surface area contributed by atoms with Crippen molar-refractivity contribution in [1.29, 1.82) is 0 Å². The van der Waals surface area contributed by atoms with Crippen molar-refractivity contribution in [2.24, 2.45) is 11.8 Å². The van der Waals surface area contributed by atoms with Crippen molar-refractivity contribution in [3.8, 4) is 0 Å². The highest BCUT2D eigenvalue weighted by Gasteiger charge is 2.30. The summed E-state index contributed by atoms with van der Waals surface area (Å²) in [5, 5.41) is 10.6. The van der Waals surface area contributed by atoms with Crippen LogP contribution in [0.1, 0.15) is 369 Å². The van der Waals surface area contributed by atoms with E-state index in [0.29, 0.717) is 25.7 Å². The first-order valence-electron chi connectivity index (χ1n) is 37.5. The summed E-state index contributed by atoms with van der Waals surface area (Å²) < 4.78 is 68.4. The molecular weight excluding hydrogens is 1200 g/mol. The number of aliphatic hydroxyl groups excluding tert-OH is 1. The van der Waals surface area contributed by atoms with Gasteiger partial charge in [0, 0.05) is 25.7 Å². The number of esters is 4. The van der Waals surface area contributed by atoms with Crippen LogP contribution in [-0.4, -0.2) is 96.7 Å². The van der Waals surface area contributed by atoms with Gasteiger partial charge in [-0.25, -0.2) is 9.13 Å². The van der Waals surface area contributed by atoms with Gasteiger partial charge in [-0.3, -0.25) is 37.3 Å². The van der Waals surface area contributed by atoms with Gasteiger partial charge in [0.2, 0.25) is 0 Å². The minimum absolute atomic E-state index is 0.105. The molecule has 540 valence electrons. The average Bonchev–Trinajstić information content (AvgIpc) is 3.73. The van der Waals surface area contributed by atoms with Gasteiger partial charge in [0.05, 0.1) is 26.4 Å². The molecule has 0 heterocycles. The lowest BCUT2D eigenvalue weighted by Gasteiger charge is -2.21. The van der Waals surface area contributed by atoms with Crippen LogP contribution < -0.4 is 0 Å². The molecule has 0 aliphatic rings. The zero-order valence-corrected chi connectivity index (χ0v) is 60.9. The van der Waals surface area contributed by atoms with Crippen molar-refractivity contribution in [3.63, 3.8) is 0 Å². The lowest BCUT2D eigenvalue weighted by molar-refractivity contribution is -0.161. The Balaban J connectivity index is 5.26. The highest BCUT2D eigenvalue weighted by molar-refractivity contribution is 7.47. The maximum absolute atomic E-state index is 13.0. The summed E-state index contributed by atoms with van der Waals surface area (Å²) in [5.74, 6) is -0.637. The molecule has 0 radical (unpaired) electrons.